The molecule has 3 unspecified atom stereocenters. The summed E-state index contributed by atoms with van der Waals surface area (Å²) >= 11 is 0. The van der Waals surface area contributed by atoms with Gasteiger partial charge in [0.1, 0.15) is 6.33 Å². The summed E-state index contributed by atoms with van der Waals surface area (Å²) in [5, 5.41) is 9.87. The molecule has 1 amide bonds. The van der Waals surface area contributed by atoms with Gasteiger partial charge in [0.2, 0.25) is 5.91 Å². The molecule has 5 nitrogen and oxygen atoms in total. The van der Waals surface area contributed by atoms with E-state index in [-0.39, 0.29) is 11.8 Å². The SMILES string of the molecule is CC1CCC(C(C)C)C(C(=O)Nc2ccc(-c3nc[nH]n3)cc2)C1. The lowest BCUT2D eigenvalue weighted by Gasteiger charge is -2.36. The molecule has 128 valence electrons. The van der Waals surface area contributed by atoms with Crippen molar-refractivity contribution in [1.82, 2.24) is 15.2 Å². The van der Waals surface area contributed by atoms with Crippen LogP contribution >= 0.6 is 0 Å². The van der Waals surface area contributed by atoms with Gasteiger partial charge in [0, 0.05) is 17.2 Å². The number of H-pyrrole nitrogens is 1. The van der Waals surface area contributed by atoms with Gasteiger partial charge in [0.25, 0.3) is 0 Å². The lowest BCUT2D eigenvalue weighted by molar-refractivity contribution is -0.123. The van der Waals surface area contributed by atoms with Gasteiger partial charge < -0.3 is 5.32 Å². The first-order chi connectivity index (χ1) is 11.5. The maximum Gasteiger partial charge on any atom is 0.227 e. The molecule has 1 aliphatic rings. The van der Waals surface area contributed by atoms with Crippen molar-refractivity contribution in [3.8, 4) is 11.4 Å². The van der Waals surface area contributed by atoms with Crippen molar-refractivity contribution >= 4 is 11.6 Å². The van der Waals surface area contributed by atoms with Crippen LogP contribution in [0.25, 0.3) is 11.4 Å². The number of rotatable bonds is 4. The van der Waals surface area contributed by atoms with Crippen molar-refractivity contribution in [1.29, 1.82) is 0 Å². The lowest BCUT2D eigenvalue weighted by Crippen LogP contribution is -2.36. The maximum absolute atomic E-state index is 12.8. The van der Waals surface area contributed by atoms with Gasteiger partial charge in [-0.3, -0.25) is 9.89 Å². The Morgan fingerprint density at radius 3 is 2.62 bits per heavy atom. The van der Waals surface area contributed by atoms with Gasteiger partial charge in [0.05, 0.1) is 0 Å². The summed E-state index contributed by atoms with van der Waals surface area (Å²) in [5.74, 6) is 2.58. The van der Waals surface area contributed by atoms with E-state index in [9.17, 15) is 4.79 Å². The Kier molecular flexibility index (Phi) is 4.97. The molecule has 2 N–H and O–H groups in total. The van der Waals surface area contributed by atoms with Crippen molar-refractivity contribution in [3.63, 3.8) is 0 Å². The summed E-state index contributed by atoms with van der Waals surface area (Å²) in [6.45, 7) is 6.71. The van der Waals surface area contributed by atoms with Gasteiger partial charge in [-0.05, 0) is 54.9 Å². The summed E-state index contributed by atoms with van der Waals surface area (Å²) in [7, 11) is 0. The molecule has 1 aromatic heterocycles. The Bertz CT molecular complexity index is 663. The maximum atomic E-state index is 12.8. The third-order valence-corrected chi connectivity index (χ3v) is 5.18. The zero-order chi connectivity index (χ0) is 17.1. The van der Waals surface area contributed by atoms with Crippen LogP contribution in [0.4, 0.5) is 5.69 Å². The highest BCUT2D eigenvalue weighted by atomic mass is 16.1. The average molecular weight is 326 g/mol. The number of carbonyl (C=O) groups is 1. The minimum atomic E-state index is 0.112. The number of nitrogens with one attached hydrogen (secondary N) is 2. The number of hydrogen-bond acceptors (Lipinski definition) is 3. The molecule has 1 aliphatic carbocycles. The zero-order valence-corrected chi connectivity index (χ0v) is 14.6. The molecule has 0 spiro atoms. The Hall–Kier alpha value is -2.17. The van der Waals surface area contributed by atoms with Gasteiger partial charge >= 0.3 is 0 Å². The fraction of sp³-hybridized carbons (Fsp3) is 0.526. The second-order valence-corrected chi connectivity index (χ2v) is 7.32. The summed E-state index contributed by atoms with van der Waals surface area (Å²) < 4.78 is 0. The summed E-state index contributed by atoms with van der Waals surface area (Å²) in [4.78, 5) is 16.9. The molecule has 1 aromatic carbocycles. The van der Waals surface area contributed by atoms with Gasteiger partial charge in [-0.1, -0.05) is 27.2 Å². The van der Waals surface area contributed by atoms with E-state index in [4.69, 9.17) is 0 Å². The third-order valence-electron chi connectivity index (χ3n) is 5.18. The monoisotopic (exact) mass is 326 g/mol. The van der Waals surface area contributed by atoms with Gasteiger partial charge in [-0.25, -0.2) is 4.98 Å². The minimum Gasteiger partial charge on any atom is -0.326 e. The highest BCUT2D eigenvalue weighted by Crippen LogP contribution is 2.38. The molecule has 1 saturated carbocycles. The number of hydrogen-bond donors (Lipinski definition) is 2. The molecule has 1 fully saturated rings. The standard InChI is InChI=1S/C19H26N4O/c1-12(2)16-9-4-13(3)10-17(16)19(24)22-15-7-5-14(6-8-15)18-20-11-21-23-18/h5-8,11-13,16-17H,4,9-10H2,1-3H3,(H,22,24)(H,20,21,23). The fourth-order valence-corrected chi connectivity index (χ4v) is 3.79. The van der Waals surface area contributed by atoms with E-state index in [1.165, 1.54) is 6.42 Å². The molecule has 2 aromatic rings. The number of carbonyl (C=O) groups excluding carboxylic acids is 1. The largest absolute Gasteiger partial charge is 0.326 e. The van der Waals surface area contributed by atoms with Crippen molar-refractivity contribution in [2.24, 2.45) is 23.7 Å². The highest BCUT2D eigenvalue weighted by Gasteiger charge is 2.35. The van der Waals surface area contributed by atoms with Crippen LogP contribution in [0, 0.1) is 23.7 Å². The molecular formula is C19H26N4O. The van der Waals surface area contributed by atoms with Crippen LogP contribution in [0.15, 0.2) is 30.6 Å². The first kappa shape index (κ1) is 16.7. The normalized spacial score (nSPS) is 24.1. The number of benzene rings is 1. The Morgan fingerprint density at radius 2 is 2.00 bits per heavy atom. The predicted molar refractivity (Wildman–Crippen MR) is 95.3 cm³/mol. The number of nitrogens with zero attached hydrogens (tertiary/aromatic N) is 2. The van der Waals surface area contributed by atoms with E-state index >= 15 is 0 Å². The lowest BCUT2D eigenvalue weighted by atomic mass is 9.70. The van der Waals surface area contributed by atoms with E-state index in [2.05, 4.69) is 41.3 Å². The smallest absolute Gasteiger partial charge is 0.227 e. The molecule has 0 aliphatic heterocycles. The molecule has 5 heteroatoms. The Balaban J connectivity index is 1.69. The van der Waals surface area contributed by atoms with Gasteiger partial charge in [0.15, 0.2) is 5.82 Å². The number of aromatic amines is 1. The van der Waals surface area contributed by atoms with Crippen LogP contribution in [-0.2, 0) is 4.79 Å². The Labute approximate surface area is 143 Å². The van der Waals surface area contributed by atoms with Crippen LogP contribution in [0.1, 0.15) is 40.0 Å². The van der Waals surface area contributed by atoms with Crippen molar-refractivity contribution in [3.05, 3.63) is 30.6 Å². The molecule has 0 saturated heterocycles. The summed E-state index contributed by atoms with van der Waals surface area (Å²) in [6, 6.07) is 7.70. The van der Waals surface area contributed by atoms with E-state index in [1.807, 2.05) is 24.3 Å². The number of anilines is 1. The molecule has 3 rings (SSSR count). The van der Waals surface area contributed by atoms with Gasteiger partial charge in [-0.15, -0.1) is 0 Å². The first-order valence-electron chi connectivity index (χ1n) is 8.81. The van der Waals surface area contributed by atoms with Crippen LogP contribution in [0.3, 0.4) is 0 Å². The van der Waals surface area contributed by atoms with Crippen LogP contribution in [-0.4, -0.2) is 21.1 Å². The van der Waals surface area contributed by atoms with Crippen LogP contribution < -0.4 is 5.32 Å². The van der Waals surface area contributed by atoms with E-state index in [0.717, 1.165) is 24.1 Å². The van der Waals surface area contributed by atoms with Crippen LogP contribution in [0.5, 0.6) is 0 Å². The van der Waals surface area contributed by atoms with Crippen molar-refractivity contribution < 1.29 is 4.79 Å². The molecule has 0 bridgehead atoms. The summed E-state index contributed by atoms with van der Waals surface area (Å²) in [6.07, 6.45) is 4.93. The molecule has 24 heavy (non-hydrogen) atoms. The third kappa shape index (κ3) is 3.66. The van der Waals surface area contributed by atoms with E-state index in [0.29, 0.717) is 23.6 Å². The quantitative estimate of drug-likeness (QED) is 0.888. The average Bonchev–Trinajstić information content (AvgIpc) is 3.09. The Morgan fingerprint density at radius 1 is 1.25 bits per heavy atom. The second-order valence-electron chi connectivity index (χ2n) is 7.32. The second kappa shape index (κ2) is 7.16. The van der Waals surface area contributed by atoms with Crippen molar-refractivity contribution in [2.75, 3.05) is 5.32 Å². The topological polar surface area (TPSA) is 70.7 Å². The minimum absolute atomic E-state index is 0.112. The zero-order valence-electron chi connectivity index (χ0n) is 14.6. The molecule has 1 heterocycles. The molecule has 0 radical (unpaired) electrons. The van der Waals surface area contributed by atoms with E-state index < -0.39 is 0 Å². The fourth-order valence-electron chi connectivity index (χ4n) is 3.79. The number of amides is 1. The van der Waals surface area contributed by atoms with Crippen molar-refractivity contribution in [2.45, 2.75) is 40.0 Å². The first-order valence-corrected chi connectivity index (χ1v) is 8.81. The molecular weight excluding hydrogens is 300 g/mol. The summed E-state index contributed by atoms with van der Waals surface area (Å²) in [5.41, 5.74) is 1.76. The van der Waals surface area contributed by atoms with Gasteiger partial charge in [-0.2, -0.15) is 5.10 Å². The van der Waals surface area contributed by atoms with E-state index in [1.54, 1.807) is 6.33 Å². The van der Waals surface area contributed by atoms with Crippen LogP contribution in [0.2, 0.25) is 0 Å². The highest BCUT2D eigenvalue weighted by molar-refractivity contribution is 5.93. The number of aromatic nitrogens is 3. The molecule has 3 atom stereocenters. The predicted octanol–water partition coefficient (Wildman–Crippen LogP) is 4.12.